The van der Waals surface area contributed by atoms with Gasteiger partial charge in [0.05, 0.1) is 25.5 Å². The Morgan fingerprint density at radius 2 is 2.36 bits per heavy atom. The van der Waals surface area contributed by atoms with E-state index in [0.29, 0.717) is 19.8 Å². The van der Waals surface area contributed by atoms with Crippen LogP contribution >= 0.6 is 11.3 Å². The van der Waals surface area contributed by atoms with Crippen molar-refractivity contribution in [2.45, 2.75) is 6.04 Å². The maximum atomic E-state index is 13.4. The van der Waals surface area contributed by atoms with Crippen molar-refractivity contribution in [2.24, 2.45) is 0 Å². The van der Waals surface area contributed by atoms with Crippen LogP contribution in [0.5, 0.6) is 0 Å². The number of rotatable bonds is 5. The third kappa shape index (κ3) is 3.34. The Morgan fingerprint density at radius 3 is 3.00 bits per heavy atom. The Morgan fingerprint density at radius 1 is 1.55 bits per heavy atom. The van der Waals surface area contributed by atoms with Gasteiger partial charge in [0.25, 0.3) is 5.91 Å². The number of amides is 1. The fourth-order valence-electron chi connectivity index (χ4n) is 2.49. The van der Waals surface area contributed by atoms with Gasteiger partial charge in [-0.15, -0.1) is 11.3 Å². The second-order valence-corrected chi connectivity index (χ2v) is 5.96. The fraction of sp³-hybridized carbons (Fsp3) is 0.429. The number of hydrogen-bond donors (Lipinski definition) is 2. The van der Waals surface area contributed by atoms with E-state index in [1.807, 2.05) is 17.5 Å². The van der Waals surface area contributed by atoms with Gasteiger partial charge in [-0.3, -0.25) is 14.8 Å². The molecule has 1 amide bonds. The van der Waals surface area contributed by atoms with Gasteiger partial charge in [0.2, 0.25) is 0 Å². The summed E-state index contributed by atoms with van der Waals surface area (Å²) in [5, 5.41) is 10.7. The first-order chi connectivity index (χ1) is 10.8. The second-order valence-electron chi connectivity index (χ2n) is 4.98. The monoisotopic (exact) mass is 324 g/mol. The van der Waals surface area contributed by atoms with Gasteiger partial charge in [0.15, 0.2) is 11.5 Å². The van der Waals surface area contributed by atoms with Crippen LogP contribution in [0.4, 0.5) is 4.39 Å². The molecule has 1 aliphatic rings. The van der Waals surface area contributed by atoms with Crippen molar-refractivity contribution in [3.63, 3.8) is 0 Å². The smallest absolute Gasteiger partial charge is 0.272 e. The van der Waals surface area contributed by atoms with E-state index in [1.54, 1.807) is 11.3 Å². The van der Waals surface area contributed by atoms with E-state index < -0.39 is 11.7 Å². The first-order valence-electron chi connectivity index (χ1n) is 7.08. The van der Waals surface area contributed by atoms with Crippen molar-refractivity contribution < 1.29 is 13.9 Å². The summed E-state index contributed by atoms with van der Waals surface area (Å²) >= 11 is 1.65. The summed E-state index contributed by atoms with van der Waals surface area (Å²) in [6.45, 7) is 3.42. The van der Waals surface area contributed by atoms with Crippen LogP contribution in [0.2, 0.25) is 0 Å². The van der Waals surface area contributed by atoms with Crippen LogP contribution < -0.4 is 5.32 Å². The van der Waals surface area contributed by atoms with E-state index >= 15 is 0 Å². The van der Waals surface area contributed by atoms with Crippen molar-refractivity contribution in [3.8, 4) is 0 Å². The highest BCUT2D eigenvalue weighted by molar-refractivity contribution is 7.10. The highest BCUT2D eigenvalue weighted by Gasteiger charge is 2.24. The molecule has 2 N–H and O–H groups in total. The summed E-state index contributed by atoms with van der Waals surface area (Å²) in [6, 6.07) is 4.11. The van der Waals surface area contributed by atoms with Crippen molar-refractivity contribution >= 4 is 17.2 Å². The zero-order valence-corrected chi connectivity index (χ0v) is 12.7. The number of aromatic amines is 1. The summed E-state index contributed by atoms with van der Waals surface area (Å²) in [4.78, 5) is 15.5. The largest absolute Gasteiger partial charge is 0.379 e. The first-order valence-corrected chi connectivity index (χ1v) is 7.96. The number of carbonyl (C=O) groups excluding carboxylic acids is 1. The number of nitrogens with one attached hydrogen (secondary N) is 2. The van der Waals surface area contributed by atoms with Gasteiger partial charge >= 0.3 is 0 Å². The summed E-state index contributed by atoms with van der Waals surface area (Å²) in [7, 11) is 0. The SMILES string of the molecule is O=C(NCC(c1cccs1)N1CCOCC1)c1[nH]ncc1F. The van der Waals surface area contributed by atoms with Crippen LogP contribution in [0.1, 0.15) is 21.4 Å². The lowest BCUT2D eigenvalue weighted by molar-refractivity contribution is 0.0169. The molecule has 22 heavy (non-hydrogen) atoms. The van der Waals surface area contributed by atoms with Crippen molar-refractivity contribution in [1.82, 2.24) is 20.4 Å². The van der Waals surface area contributed by atoms with Gasteiger partial charge in [0.1, 0.15) is 0 Å². The standard InChI is InChI=1S/C14H17FN4O2S/c15-10-8-17-18-13(10)14(20)16-9-11(12-2-1-7-22-12)19-3-5-21-6-4-19/h1-2,7-8,11H,3-6,9H2,(H,16,20)(H,17,18). The van der Waals surface area contributed by atoms with Crippen LogP contribution in [0, 0.1) is 5.82 Å². The second kappa shape index (κ2) is 6.99. The Labute approximate surface area is 131 Å². The Kier molecular flexibility index (Phi) is 4.81. The highest BCUT2D eigenvalue weighted by Crippen LogP contribution is 2.25. The Balaban J connectivity index is 1.68. The lowest BCUT2D eigenvalue weighted by atomic mass is 10.2. The number of thiophene rings is 1. The lowest BCUT2D eigenvalue weighted by Crippen LogP contribution is -2.43. The van der Waals surface area contributed by atoms with Gasteiger partial charge in [-0.05, 0) is 11.4 Å². The molecule has 1 fully saturated rings. The molecule has 0 radical (unpaired) electrons. The molecule has 0 aliphatic carbocycles. The number of H-pyrrole nitrogens is 1. The Bertz CT molecular complexity index is 610. The maximum absolute atomic E-state index is 13.4. The van der Waals surface area contributed by atoms with Crippen LogP contribution in [0.25, 0.3) is 0 Å². The summed E-state index contributed by atoms with van der Waals surface area (Å²) < 4.78 is 18.8. The highest BCUT2D eigenvalue weighted by atomic mass is 32.1. The zero-order valence-electron chi connectivity index (χ0n) is 11.9. The summed E-state index contributed by atoms with van der Waals surface area (Å²) in [6.07, 6.45) is 0.994. The number of aromatic nitrogens is 2. The molecule has 118 valence electrons. The maximum Gasteiger partial charge on any atom is 0.272 e. The molecule has 2 aromatic heterocycles. The van der Waals surface area contributed by atoms with Crippen molar-refractivity contribution in [1.29, 1.82) is 0 Å². The molecule has 1 unspecified atom stereocenters. The minimum absolute atomic E-state index is 0.0684. The van der Waals surface area contributed by atoms with Crippen LogP contribution in [0.15, 0.2) is 23.7 Å². The van der Waals surface area contributed by atoms with Gasteiger partial charge in [-0.2, -0.15) is 5.10 Å². The molecule has 3 rings (SSSR count). The van der Waals surface area contributed by atoms with E-state index in [0.717, 1.165) is 19.3 Å². The molecular weight excluding hydrogens is 307 g/mol. The molecule has 6 nitrogen and oxygen atoms in total. The van der Waals surface area contributed by atoms with Crippen LogP contribution in [-0.2, 0) is 4.74 Å². The van der Waals surface area contributed by atoms with E-state index in [2.05, 4.69) is 20.4 Å². The molecule has 2 aromatic rings. The molecule has 0 bridgehead atoms. The molecule has 1 atom stereocenters. The summed E-state index contributed by atoms with van der Waals surface area (Å²) in [5.41, 5.74) is -0.132. The lowest BCUT2D eigenvalue weighted by Gasteiger charge is -2.34. The van der Waals surface area contributed by atoms with Crippen molar-refractivity contribution in [2.75, 3.05) is 32.8 Å². The molecule has 3 heterocycles. The quantitative estimate of drug-likeness (QED) is 0.872. The van der Waals surface area contributed by atoms with Gasteiger partial charge < -0.3 is 10.1 Å². The number of ether oxygens (including phenoxy) is 1. The average Bonchev–Trinajstić information content (AvgIpc) is 3.20. The Hall–Kier alpha value is -1.77. The van der Waals surface area contributed by atoms with Gasteiger partial charge in [-0.25, -0.2) is 4.39 Å². The van der Waals surface area contributed by atoms with E-state index in [-0.39, 0.29) is 11.7 Å². The van der Waals surface area contributed by atoms with Gasteiger partial charge in [-0.1, -0.05) is 6.07 Å². The fourth-order valence-corrected chi connectivity index (χ4v) is 3.35. The van der Waals surface area contributed by atoms with Crippen LogP contribution in [0.3, 0.4) is 0 Å². The molecule has 0 saturated carbocycles. The number of nitrogens with zero attached hydrogens (tertiary/aromatic N) is 2. The summed E-state index contributed by atoms with van der Waals surface area (Å²) in [5.74, 6) is -1.12. The predicted octanol–water partition coefficient (Wildman–Crippen LogP) is 1.41. The molecule has 1 aliphatic heterocycles. The number of hydrogen-bond acceptors (Lipinski definition) is 5. The van der Waals surface area contributed by atoms with E-state index in [9.17, 15) is 9.18 Å². The van der Waals surface area contributed by atoms with Gasteiger partial charge in [0, 0.05) is 24.5 Å². The average molecular weight is 324 g/mol. The minimum atomic E-state index is -0.642. The number of halogens is 1. The van der Waals surface area contributed by atoms with E-state index in [1.165, 1.54) is 4.88 Å². The molecule has 1 saturated heterocycles. The third-order valence-electron chi connectivity index (χ3n) is 3.63. The van der Waals surface area contributed by atoms with Crippen LogP contribution in [-0.4, -0.2) is 53.9 Å². The molecule has 0 aromatic carbocycles. The predicted molar refractivity (Wildman–Crippen MR) is 80.3 cm³/mol. The zero-order chi connectivity index (χ0) is 15.4. The van der Waals surface area contributed by atoms with E-state index in [4.69, 9.17) is 4.74 Å². The van der Waals surface area contributed by atoms with Crippen molar-refractivity contribution in [3.05, 3.63) is 40.1 Å². The normalized spacial score (nSPS) is 17.3. The first kappa shape index (κ1) is 15.1. The minimum Gasteiger partial charge on any atom is -0.379 e. The molecular formula is C14H17FN4O2S. The molecule has 0 spiro atoms. The third-order valence-corrected chi connectivity index (χ3v) is 4.61. The topological polar surface area (TPSA) is 70.2 Å². The number of morpholine rings is 1. The number of carbonyl (C=O) groups is 1. The molecule has 8 heteroatoms.